The molecule has 1 aromatic rings. The summed E-state index contributed by atoms with van der Waals surface area (Å²) < 4.78 is 0. The Morgan fingerprint density at radius 3 is 2.24 bits per heavy atom. The fourth-order valence-corrected chi connectivity index (χ4v) is 1.43. The van der Waals surface area contributed by atoms with Crippen LogP contribution in [0, 0.1) is 0 Å². The van der Waals surface area contributed by atoms with Gasteiger partial charge < -0.3 is 9.80 Å². The van der Waals surface area contributed by atoms with Crippen LogP contribution in [0.15, 0.2) is 30.8 Å². The lowest BCUT2D eigenvalue weighted by Gasteiger charge is -2.19. The molecule has 0 saturated carbocycles. The number of carbonyl (C=O) groups excluding carboxylic acids is 1. The van der Waals surface area contributed by atoms with E-state index in [2.05, 4.69) is 11.5 Å². The van der Waals surface area contributed by atoms with Gasteiger partial charge in [-0.1, -0.05) is 24.8 Å². The fourth-order valence-electron chi connectivity index (χ4n) is 1.43. The Morgan fingerprint density at radius 1 is 1.18 bits per heavy atom. The molecule has 0 aliphatic heterocycles. The predicted molar refractivity (Wildman–Crippen MR) is 72.0 cm³/mol. The normalized spacial score (nSPS) is 10.4. The van der Waals surface area contributed by atoms with Crippen molar-refractivity contribution in [3.63, 3.8) is 0 Å². The van der Waals surface area contributed by atoms with Crippen LogP contribution < -0.4 is 0 Å². The van der Waals surface area contributed by atoms with Crippen LogP contribution in [-0.4, -0.2) is 49.9 Å². The summed E-state index contributed by atoms with van der Waals surface area (Å²) in [6, 6.07) is 7.48. The van der Waals surface area contributed by atoms with E-state index in [1.807, 2.05) is 45.4 Å². The Morgan fingerprint density at radius 2 is 1.76 bits per heavy atom. The number of amides is 1. The van der Waals surface area contributed by atoms with Gasteiger partial charge in [-0.05, 0) is 31.8 Å². The minimum absolute atomic E-state index is 0.0578. The van der Waals surface area contributed by atoms with Crippen molar-refractivity contribution < 1.29 is 4.79 Å². The number of benzene rings is 1. The number of hydrogen-bond donors (Lipinski definition) is 0. The van der Waals surface area contributed by atoms with Crippen molar-refractivity contribution in [3.05, 3.63) is 42.0 Å². The standard InChI is InChI=1S/C14H20N2O/c1-5-12-6-8-13(9-7-12)14(17)16(4)11-10-15(2)3/h5-9H,1,10-11H2,2-4H3. The summed E-state index contributed by atoms with van der Waals surface area (Å²) in [7, 11) is 5.82. The molecule has 0 heterocycles. The van der Waals surface area contributed by atoms with E-state index >= 15 is 0 Å². The third-order valence-corrected chi connectivity index (χ3v) is 2.62. The first-order valence-corrected chi connectivity index (χ1v) is 5.67. The van der Waals surface area contributed by atoms with Crippen molar-refractivity contribution in [3.8, 4) is 0 Å². The van der Waals surface area contributed by atoms with Crippen LogP contribution in [0.3, 0.4) is 0 Å². The second kappa shape index (κ2) is 6.21. The summed E-state index contributed by atoms with van der Waals surface area (Å²) in [5, 5.41) is 0. The van der Waals surface area contributed by atoms with Crippen molar-refractivity contribution in [2.24, 2.45) is 0 Å². The number of hydrogen-bond acceptors (Lipinski definition) is 2. The van der Waals surface area contributed by atoms with Crippen molar-refractivity contribution >= 4 is 12.0 Å². The molecule has 1 amide bonds. The van der Waals surface area contributed by atoms with E-state index in [0.29, 0.717) is 0 Å². The third kappa shape index (κ3) is 4.04. The summed E-state index contributed by atoms with van der Waals surface area (Å²) >= 11 is 0. The number of likely N-dealkylation sites (N-methyl/N-ethyl adjacent to an activating group) is 2. The molecule has 92 valence electrons. The van der Waals surface area contributed by atoms with Gasteiger partial charge in [-0.25, -0.2) is 0 Å². The Labute approximate surface area is 103 Å². The van der Waals surface area contributed by atoms with Crippen molar-refractivity contribution in [1.82, 2.24) is 9.80 Å². The van der Waals surface area contributed by atoms with Crippen molar-refractivity contribution in [2.45, 2.75) is 0 Å². The zero-order chi connectivity index (χ0) is 12.8. The minimum Gasteiger partial charge on any atom is -0.340 e. The lowest BCUT2D eigenvalue weighted by molar-refractivity contribution is 0.0786. The molecular formula is C14H20N2O. The summed E-state index contributed by atoms with van der Waals surface area (Å²) in [6.45, 7) is 5.29. The largest absolute Gasteiger partial charge is 0.340 e. The van der Waals surface area contributed by atoms with Gasteiger partial charge in [-0.15, -0.1) is 0 Å². The van der Waals surface area contributed by atoms with Crippen LogP contribution in [0.4, 0.5) is 0 Å². The summed E-state index contributed by atoms with van der Waals surface area (Å²) in [4.78, 5) is 15.8. The molecule has 0 aromatic heterocycles. The number of rotatable bonds is 5. The lowest BCUT2D eigenvalue weighted by atomic mass is 10.1. The first-order chi connectivity index (χ1) is 8.04. The Kier molecular flexibility index (Phi) is 4.91. The molecule has 3 heteroatoms. The van der Waals surface area contributed by atoms with Crippen LogP contribution in [0.25, 0.3) is 6.08 Å². The highest BCUT2D eigenvalue weighted by molar-refractivity contribution is 5.94. The van der Waals surface area contributed by atoms with Crippen LogP contribution in [0.5, 0.6) is 0 Å². The van der Waals surface area contributed by atoms with Crippen LogP contribution in [0.2, 0.25) is 0 Å². The Hall–Kier alpha value is -1.61. The zero-order valence-electron chi connectivity index (χ0n) is 10.8. The molecule has 0 unspecified atom stereocenters. The second-order valence-corrected chi connectivity index (χ2v) is 4.36. The van der Waals surface area contributed by atoms with E-state index in [0.717, 1.165) is 24.2 Å². The molecule has 0 N–H and O–H groups in total. The highest BCUT2D eigenvalue weighted by atomic mass is 16.2. The van der Waals surface area contributed by atoms with E-state index < -0.39 is 0 Å². The number of nitrogens with zero attached hydrogens (tertiary/aromatic N) is 2. The highest BCUT2D eigenvalue weighted by Gasteiger charge is 2.10. The first-order valence-electron chi connectivity index (χ1n) is 5.67. The van der Waals surface area contributed by atoms with Gasteiger partial charge in [0.2, 0.25) is 0 Å². The number of carbonyl (C=O) groups is 1. The topological polar surface area (TPSA) is 23.6 Å². The van der Waals surface area contributed by atoms with Crippen molar-refractivity contribution in [1.29, 1.82) is 0 Å². The maximum absolute atomic E-state index is 12.0. The van der Waals surface area contributed by atoms with E-state index in [4.69, 9.17) is 0 Å². The van der Waals surface area contributed by atoms with Gasteiger partial charge in [-0.2, -0.15) is 0 Å². The maximum Gasteiger partial charge on any atom is 0.253 e. The molecule has 1 aromatic carbocycles. The summed E-state index contributed by atoms with van der Waals surface area (Å²) in [5.41, 5.74) is 1.74. The molecule has 3 nitrogen and oxygen atoms in total. The maximum atomic E-state index is 12.0. The monoisotopic (exact) mass is 232 g/mol. The van der Waals surface area contributed by atoms with E-state index in [1.54, 1.807) is 11.0 Å². The molecule has 0 aliphatic carbocycles. The van der Waals surface area contributed by atoms with E-state index in [-0.39, 0.29) is 5.91 Å². The van der Waals surface area contributed by atoms with Gasteiger partial charge in [0.05, 0.1) is 0 Å². The van der Waals surface area contributed by atoms with Gasteiger partial charge in [0, 0.05) is 25.7 Å². The fraction of sp³-hybridized carbons (Fsp3) is 0.357. The Bertz CT molecular complexity index is 382. The molecule has 0 radical (unpaired) electrons. The van der Waals surface area contributed by atoms with Gasteiger partial charge in [-0.3, -0.25) is 4.79 Å². The molecule has 0 bridgehead atoms. The van der Waals surface area contributed by atoms with Gasteiger partial charge >= 0.3 is 0 Å². The average Bonchev–Trinajstić information content (AvgIpc) is 2.35. The summed E-state index contributed by atoms with van der Waals surface area (Å²) in [6.07, 6.45) is 1.77. The van der Waals surface area contributed by atoms with Gasteiger partial charge in [0.1, 0.15) is 0 Å². The SMILES string of the molecule is C=Cc1ccc(C(=O)N(C)CCN(C)C)cc1. The molecule has 0 spiro atoms. The smallest absolute Gasteiger partial charge is 0.253 e. The molecule has 1 rings (SSSR count). The third-order valence-electron chi connectivity index (χ3n) is 2.62. The predicted octanol–water partition coefficient (Wildman–Crippen LogP) is 1.96. The quantitative estimate of drug-likeness (QED) is 0.775. The molecule has 0 aliphatic rings. The van der Waals surface area contributed by atoms with E-state index in [1.165, 1.54) is 0 Å². The average molecular weight is 232 g/mol. The first kappa shape index (κ1) is 13.5. The van der Waals surface area contributed by atoms with Crippen LogP contribution >= 0.6 is 0 Å². The zero-order valence-corrected chi connectivity index (χ0v) is 10.8. The van der Waals surface area contributed by atoms with Crippen LogP contribution in [0.1, 0.15) is 15.9 Å². The van der Waals surface area contributed by atoms with Crippen molar-refractivity contribution in [2.75, 3.05) is 34.2 Å². The molecule has 0 saturated heterocycles. The lowest BCUT2D eigenvalue weighted by Crippen LogP contribution is -2.33. The molecule has 0 atom stereocenters. The van der Waals surface area contributed by atoms with Gasteiger partial charge in [0.15, 0.2) is 0 Å². The molecular weight excluding hydrogens is 212 g/mol. The van der Waals surface area contributed by atoms with Crippen LogP contribution in [-0.2, 0) is 0 Å². The molecule has 0 fully saturated rings. The highest BCUT2D eigenvalue weighted by Crippen LogP contribution is 2.07. The Balaban J connectivity index is 2.64. The van der Waals surface area contributed by atoms with Gasteiger partial charge in [0.25, 0.3) is 5.91 Å². The minimum atomic E-state index is 0.0578. The second-order valence-electron chi connectivity index (χ2n) is 4.36. The molecule has 17 heavy (non-hydrogen) atoms. The summed E-state index contributed by atoms with van der Waals surface area (Å²) in [5.74, 6) is 0.0578. The van der Waals surface area contributed by atoms with E-state index in [9.17, 15) is 4.79 Å².